The van der Waals surface area contributed by atoms with Crippen molar-refractivity contribution in [3.05, 3.63) is 35.4 Å². The Morgan fingerprint density at radius 3 is 2.38 bits per heavy atom. The minimum absolute atomic E-state index is 0.0743. The molecule has 0 bridgehead atoms. The van der Waals surface area contributed by atoms with Gasteiger partial charge in [0, 0.05) is 0 Å². The van der Waals surface area contributed by atoms with Gasteiger partial charge < -0.3 is 5.32 Å². The molecule has 1 N–H and O–H groups in total. The molecule has 0 aromatic heterocycles. The maximum atomic E-state index is 12.9. The second-order valence-electron chi connectivity index (χ2n) is 3.84. The Kier molecular flexibility index (Phi) is 4.35. The van der Waals surface area contributed by atoms with Gasteiger partial charge in [0.05, 0.1) is 5.92 Å². The summed E-state index contributed by atoms with van der Waals surface area (Å²) in [5.74, 6) is -1.37. The largest absolute Gasteiger partial charge is 0.395 e. The summed E-state index contributed by atoms with van der Waals surface area (Å²) >= 11 is 0. The predicted octanol–water partition coefficient (Wildman–Crippen LogP) is 3.25. The smallest absolute Gasteiger partial charge is 0.320 e. The van der Waals surface area contributed by atoms with Gasteiger partial charge in [-0.2, -0.15) is 13.2 Å². The van der Waals surface area contributed by atoms with E-state index in [0.29, 0.717) is 17.7 Å². The molecule has 0 amide bonds. The highest BCUT2D eigenvalue weighted by Gasteiger charge is 2.40. The van der Waals surface area contributed by atoms with Crippen molar-refractivity contribution < 1.29 is 13.2 Å². The Labute approximate surface area is 93.7 Å². The van der Waals surface area contributed by atoms with Crippen LogP contribution in [0.4, 0.5) is 13.2 Å². The van der Waals surface area contributed by atoms with Gasteiger partial charge in [-0.05, 0) is 38.1 Å². The van der Waals surface area contributed by atoms with Crippen LogP contribution >= 0.6 is 0 Å². The molecule has 1 rings (SSSR count). The molecule has 0 saturated heterocycles. The fraction of sp³-hybridized carbons (Fsp3) is 0.500. The summed E-state index contributed by atoms with van der Waals surface area (Å²) in [6, 6.07) is 6.68. The first-order chi connectivity index (χ1) is 7.46. The summed E-state index contributed by atoms with van der Waals surface area (Å²) < 4.78 is 38.6. The maximum Gasteiger partial charge on any atom is 0.395 e. The van der Waals surface area contributed by atoms with Crippen molar-refractivity contribution in [3.63, 3.8) is 0 Å². The summed E-state index contributed by atoms with van der Waals surface area (Å²) in [5.41, 5.74) is 1.08. The minimum Gasteiger partial charge on any atom is -0.320 e. The maximum absolute atomic E-state index is 12.9. The minimum atomic E-state index is -4.18. The Morgan fingerprint density at radius 2 is 1.88 bits per heavy atom. The Bertz CT molecular complexity index is 333. The Morgan fingerprint density at radius 1 is 1.25 bits per heavy atom. The quantitative estimate of drug-likeness (QED) is 0.838. The van der Waals surface area contributed by atoms with Gasteiger partial charge in [0.15, 0.2) is 0 Å². The molecule has 1 nitrogen and oxygen atoms in total. The van der Waals surface area contributed by atoms with Crippen LogP contribution in [0.15, 0.2) is 24.3 Å². The lowest BCUT2D eigenvalue weighted by molar-refractivity contribution is -0.151. The zero-order valence-corrected chi connectivity index (χ0v) is 9.43. The van der Waals surface area contributed by atoms with E-state index in [1.165, 1.54) is 0 Å². The number of benzene rings is 1. The van der Waals surface area contributed by atoms with Gasteiger partial charge in [-0.25, -0.2) is 0 Å². The second kappa shape index (κ2) is 5.34. The van der Waals surface area contributed by atoms with Gasteiger partial charge in [0.1, 0.15) is 0 Å². The molecule has 0 saturated carbocycles. The summed E-state index contributed by atoms with van der Waals surface area (Å²) in [4.78, 5) is 0. The number of nitrogens with one attached hydrogen (secondary N) is 1. The van der Waals surface area contributed by atoms with Crippen LogP contribution in [0.1, 0.15) is 23.5 Å². The summed E-state index contributed by atoms with van der Waals surface area (Å²) in [5, 5.41) is 2.76. The van der Waals surface area contributed by atoms with E-state index >= 15 is 0 Å². The third-order valence-electron chi connectivity index (χ3n) is 2.64. The first kappa shape index (κ1) is 13.0. The van der Waals surface area contributed by atoms with Crippen LogP contribution in [0.5, 0.6) is 0 Å². The average molecular weight is 231 g/mol. The average Bonchev–Trinajstić information content (AvgIpc) is 2.19. The van der Waals surface area contributed by atoms with Crippen LogP contribution in [-0.4, -0.2) is 19.8 Å². The van der Waals surface area contributed by atoms with Crippen LogP contribution in [0.25, 0.3) is 0 Å². The fourth-order valence-electron chi connectivity index (χ4n) is 1.76. The van der Waals surface area contributed by atoms with E-state index in [-0.39, 0.29) is 6.42 Å². The molecule has 0 fully saturated rings. The van der Waals surface area contributed by atoms with Crippen LogP contribution in [0.2, 0.25) is 0 Å². The van der Waals surface area contributed by atoms with Crippen molar-refractivity contribution in [2.45, 2.75) is 25.4 Å². The lowest BCUT2D eigenvalue weighted by Crippen LogP contribution is -2.25. The molecule has 16 heavy (non-hydrogen) atoms. The lowest BCUT2D eigenvalue weighted by atomic mass is 9.91. The molecule has 90 valence electrons. The fourth-order valence-corrected chi connectivity index (χ4v) is 1.76. The van der Waals surface area contributed by atoms with Gasteiger partial charge in [-0.15, -0.1) is 0 Å². The molecule has 0 spiro atoms. The Hall–Kier alpha value is -1.03. The number of halogens is 3. The third kappa shape index (κ3) is 3.23. The molecule has 0 aliphatic rings. The van der Waals surface area contributed by atoms with E-state index in [1.54, 1.807) is 38.2 Å². The number of hydrogen-bond donors (Lipinski definition) is 1. The predicted molar refractivity (Wildman–Crippen MR) is 58.5 cm³/mol. The molecule has 0 heterocycles. The molecule has 1 aromatic carbocycles. The van der Waals surface area contributed by atoms with Crippen LogP contribution in [-0.2, 0) is 0 Å². The Balaban J connectivity index is 2.97. The van der Waals surface area contributed by atoms with Gasteiger partial charge >= 0.3 is 6.18 Å². The standard InChI is InChI=1S/C12H16F3N/c1-9-5-3-4-6-10(9)11(7-8-16-2)12(13,14)15/h3-6,11,16H,7-8H2,1-2H3. The summed E-state index contributed by atoms with van der Waals surface area (Å²) in [7, 11) is 1.66. The van der Waals surface area contributed by atoms with Crippen molar-refractivity contribution in [3.8, 4) is 0 Å². The molecule has 1 unspecified atom stereocenters. The van der Waals surface area contributed by atoms with Gasteiger partial charge in [-0.1, -0.05) is 24.3 Å². The number of rotatable bonds is 4. The molecule has 1 aromatic rings. The van der Waals surface area contributed by atoms with E-state index in [9.17, 15) is 13.2 Å². The van der Waals surface area contributed by atoms with E-state index in [0.717, 1.165) is 0 Å². The van der Waals surface area contributed by atoms with Gasteiger partial charge in [-0.3, -0.25) is 0 Å². The number of aryl methyl sites for hydroxylation is 1. The van der Waals surface area contributed by atoms with Crippen molar-refractivity contribution >= 4 is 0 Å². The zero-order chi connectivity index (χ0) is 12.2. The molecule has 0 aliphatic heterocycles. The van der Waals surface area contributed by atoms with Crippen molar-refractivity contribution in [2.24, 2.45) is 0 Å². The van der Waals surface area contributed by atoms with E-state index in [1.807, 2.05) is 0 Å². The van der Waals surface area contributed by atoms with Gasteiger partial charge in [0.25, 0.3) is 0 Å². The van der Waals surface area contributed by atoms with Crippen molar-refractivity contribution in [2.75, 3.05) is 13.6 Å². The molecular formula is C12H16F3N. The third-order valence-corrected chi connectivity index (χ3v) is 2.64. The SMILES string of the molecule is CNCCC(c1ccccc1C)C(F)(F)F. The summed E-state index contributed by atoms with van der Waals surface area (Å²) in [6.07, 6.45) is -4.10. The molecule has 1 atom stereocenters. The highest BCUT2D eigenvalue weighted by Crippen LogP contribution is 2.38. The molecule has 0 aliphatic carbocycles. The van der Waals surface area contributed by atoms with Gasteiger partial charge in [0.2, 0.25) is 0 Å². The number of hydrogen-bond acceptors (Lipinski definition) is 1. The molecule has 0 radical (unpaired) electrons. The van der Waals surface area contributed by atoms with Crippen LogP contribution < -0.4 is 5.32 Å². The highest BCUT2D eigenvalue weighted by molar-refractivity contribution is 5.30. The van der Waals surface area contributed by atoms with E-state index in [4.69, 9.17) is 0 Å². The summed E-state index contributed by atoms with van der Waals surface area (Å²) in [6.45, 7) is 2.08. The first-order valence-corrected chi connectivity index (χ1v) is 5.23. The monoisotopic (exact) mass is 231 g/mol. The van der Waals surface area contributed by atoms with Crippen molar-refractivity contribution in [1.82, 2.24) is 5.32 Å². The highest BCUT2D eigenvalue weighted by atomic mass is 19.4. The second-order valence-corrected chi connectivity index (χ2v) is 3.84. The molecule has 4 heteroatoms. The van der Waals surface area contributed by atoms with Crippen molar-refractivity contribution in [1.29, 1.82) is 0 Å². The van der Waals surface area contributed by atoms with E-state index in [2.05, 4.69) is 5.32 Å². The molecular weight excluding hydrogens is 215 g/mol. The zero-order valence-electron chi connectivity index (χ0n) is 9.43. The van der Waals surface area contributed by atoms with E-state index < -0.39 is 12.1 Å². The lowest BCUT2D eigenvalue weighted by Gasteiger charge is -2.22. The van der Waals surface area contributed by atoms with Crippen LogP contribution in [0.3, 0.4) is 0 Å². The number of alkyl halides is 3. The first-order valence-electron chi connectivity index (χ1n) is 5.23. The van der Waals surface area contributed by atoms with Crippen LogP contribution in [0, 0.1) is 6.92 Å². The topological polar surface area (TPSA) is 12.0 Å². The normalized spacial score (nSPS) is 13.8.